The first-order chi connectivity index (χ1) is 8.05. The molecular formula is C15H22O2. The normalized spacial score (nSPS) is 14.6. The number of carboxylic acid groups (broad SMARTS) is 1. The van der Waals surface area contributed by atoms with Crippen molar-refractivity contribution in [2.45, 2.75) is 45.4 Å². The Morgan fingerprint density at radius 1 is 1.29 bits per heavy atom. The molecule has 0 radical (unpaired) electrons. The van der Waals surface area contributed by atoms with Gasteiger partial charge in [-0.25, -0.2) is 0 Å². The van der Waals surface area contributed by atoms with Crippen molar-refractivity contribution in [1.29, 1.82) is 0 Å². The first-order valence-corrected chi connectivity index (χ1v) is 6.34. The molecule has 17 heavy (non-hydrogen) atoms. The Balaban J connectivity index is 3.20. The molecule has 0 bridgehead atoms. The van der Waals surface area contributed by atoms with Crippen LogP contribution in [0, 0.1) is 5.92 Å². The topological polar surface area (TPSA) is 37.3 Å². The second-order valence-corrected chi connectivity index (χ2v) is 4.90. The zero-order valence-corrected chi connectivity index (χ0v) is 10.9. The van der Waals surface area contributed by atoms with Crippen molar-refractivity contribution in [2.75, 3.05) is 0 Å². The monoisotopic (exact) mass is 234 g/mol. The Hall–Kier alpha value is -1.31. The van der Waals surface area contributed by atoms with Crippen LogP contribution in [-0.4, -0.2) is 11.1 Å². The van der Waals surface area contributed by atoms with E-state index in [4.69, 9.17) is 0 Å². The van der Waals surface area contributed by atoms with E-state index in [1.807, 2.05) is 44.2 Å². The van der Waals surface area contributed by atoms with E-state index in [0.29, 0.717) is 6.42 Å². The van der Waals surface area contributed by atoms with Crippen LogP contribution in [0.15, 0.2) is 30.3 Å². The van der Waals surface area contributed by atoms with Crippen molar-refractivity contribution in [1.82, 2.24) is 0 Å². The molecule has 0 amide bonds. The van der Waals surface area contributed by atoms with Crippen molar-refractivity contribution < 1.29 is 9.90 Å². The fourth-order valence-electron chi connectivity index (χ4n) is 2.43. The van der Waals surface area contributed by atoms with Gasteiger partial charge in [-0.15, -0.1) is 0 Å². The maximum absolute atomic E-state index is 11.8. The van der Waals surface area contributed by atoms with Gasteiger partial charge in [-0.3, -0.25) is 4.79 Å². The highest BCUT2D eigenvalue weighted by atomic mass is 16.4. The first-order valence-electron chi connectivity index (χ1n) is 6.34. The van der Waals surface area contributed by atoms with Gasteiger partial charge in [0.2, 0.25) is 0 Å². The second-order valence-electron chi connectivity index (χ2n) is 4.90. The van der Waals surface area contributed by atoms with Gasteiger partial charge in [0.25, 0.3) is 0 Å². The Morgan fingerprint density at radius 2 is 1.88 bits per heavy atom. The van der Waals surface area contributed by atoms with Crippen LogP contribution >= 0.6 is 0 Å². The molecule has 1 N–H and O–H groups in total. The van der Waals surface area contributed by atoms with E-state index in [1.165, 1.54) is 0 Å². The molecule has 1 aromatic carbocycles. The van der Waals surface area contributed by atoms with Gasteiger partial charge in [-0.05, 0) is 17.9 Å². The molecule has 0 saturated heterocycles. The van der Waals surface area contributed by atoms with Crippen LogP contribution in [-0.2, 0) is 10.2 Å². The molecule has 0 aliphatic rings. The fraction of sp³-hybridized carbons (Fsp3) is 0.533. The number of benzene rings is 1. The average molecular weight is 234 g/mol. The number of aliphatic carboxylic acids is 1. The van der Waals surface area contributed by atoms with Gasteiger partial charge < -0.3 is 5.11 Å². The van der Waals surface area contributed by atoms with Gasteiger partial charge in [0.15, 0.2) is 0 Å². The van der Waals surface area contributed by atoms with Crippen LogP contribution in [0.1, 0.15) is 45.6 Å². The highest BCUT2D eigenvalue weighted by Crippen LogP contribution is 2.37. The summed E-state index contributed by atoms with van der Waals surface area (Å²) in [6.45, 7) is 6.09. The second kappa shape index (κ2) is 5.85. The number of hydrogen-bond donors (Lipinski definition) is 1. The molecule has 0 aliphatic carbocycles. The molecule has 1 aromatic rings. The Morgan fingerprint density at radius 3 is 2.29 bits per heavy atom. The lowest BCUT2D eigenvalue weighted by atomic mass is 9.68. The molecule has 0 aliphatic heterocycles. The summed E-state index contributed by atoms with van der Waals surface area (Å²) in [4.78, 5) is 11.8. The van der Waals surface area contributed by atoms with E-state index in [-0.39, 0.29) is 5.92 Å². The largest absolute Gasteiger partial charge is 0.481 e. The Kier molecular flexibility index (Phi) is 4.73. The lowest BCUT2D eigenvalue weighted by Crippen LogP contribution is -2.41. The number of rotatable bonds is 6. The van der Waals surface area contributed by atoms with Crippen molar-refractivity contribution >= 4 is 5.97 Å². The van der Waals surface area contributed by atoms with Crippen LogP contribution < -0.4 is 0 Å². The van der Waals surface area contributed by atoms with Gasteiger partial charge in [0.1, 0.15) is 0 Å². The summed E-state index contributed by atoms with van der Waals surface area (Å²) in [5.41, 5.74) is 0.188. The van der Waals surface area contributed by atoms with E-state index in [0.717, 1.165) is 18.4 Å². The van der Waals surface area contributed by atoms with Crippen molar-refractivity contribution in [2.24, 2.45) is 5.92 Å². The maximum Gasteiger partial charge on any atom is 0.314 e. The molecule has 0 heterocycles. The first kappa shape index (κ1) is 13.8. The van der Waals surface area contributed by atoms with Crippen LogP contribution in [0.5, 0.6) is 0 Å². The molecule has 1 rings (SSSR count). The Labute approximate surface area is 104 Å². The van der Waals surface area contributed by atoms with Gasteiger partial charge in [0.05, 0.1) is 5.41 Å². The quantitative estimate of drug-likeness (QED) is 0.811. The summed E-state index contributed by atoms with van der Waals surface area (Å²) < 4.78 is 0. The maximum atomic E-state index is 11.8. The van der Waals surface area contributed by atoms with E-state index in [2.05, 4.69) is 6.92 Å². The van der Waals surface area contributed by atoms with E-state index in [1.54, 1.807) is 0 Å². The summed E-state index contributed by atoms with van der Waals surface area (Å²) in [5, 5.41) is 9.67. The summed E-state index contributed by atoms with van der Waals surface area (Å²) >= 11 is 0. The molecule has 0 spiro atoms. The van der Waals surface area contributed by atoms with Crippen molar-refractivity contribution in [3.63, 3.8) is 0 Å². The molecule has 0 saturated carbocycles. The molecule has 2 heteroatoms. The predicted molar refractivity (Wildman–Crippen MR) is 70.1 cm³/mol. The highest BCUT2D eigenvalue weighted by Gasteiger charge is 2.42. The molecular weight excluding hydrogens is 212 g/mol. The van der Waals surface area contributed by atoms with Gasteiger partial charge in [-0.2, -0.15) is 0 Å². The Bertz CT molecular complexity index is 356. The summed E-state index contributed by atoms with van der Waals surface area (Å²) in [7, 11) is 0. The van der Waals surface area contributed by atoms with Crippen molar-refractivity contribution in [3.05, 3.63) is 35.9 Å². The number of carbonyl (C=O) groups is 1. The fourth-order valence-corrected chi connectivity index (χ4v) is 2.43. The SMILES string of the molecule is CCCCC(C(=O)O)(c1ccccc1)C(C)C. The van der Waals surface area contributed by atoms with Crippen LogP contribution in [0.4, 0.5) is 0 Å². The zero-order chi connectivity index (χ0) is 12.9. The lowest BCUT2D eigenvalue weighted by Gasteiger charge is -2.34. The minimum atomic E-state index is -0.739. The van der Waals surface area contributed by atoms with Crippen LogP contribution in [0.3, 0.4) is 0 Å². The molecule has 2 nitrogen and oxygen atoms in total. The zero-order valence-electron chi connectivity index (χ0n) is 10.9. The summed E-state index contributed by atoms with van der Waals surface area (Å²) in [6, 6.07) is 9.63. The van der Waals surface area contributed by atoms with Gasteiger partial charge >= 0.3 is 5.97 Å². The summed E-state index contributed by atoms with van der Waals surface area (Å²) in [5.74, 6) is -0.610. The van der Waals surface area contributed by atoms with Crippen LogP contribution in [0.2, 0.25) is 0 Å². The molecule has 1 atom stereocenters. The van der Waals surface area contributed by atoms with E-state index < -0.39 is 11.4 Å². The third-order valence-corrected chi connectivity index (χ3v) is 3.58. The van der Waals surface area contributed by atoms with Gasteiger partial charge in [-0.1, -0.05) is 63.9 Å². The van der Waals surface area contributed by atoms with Crippen molar-refractivity contribution in [3.8, 4) is 0 Å². The van der Waals surface area contributed by atoms with Crippen LogP contribution in [0.25, 0.3) is 0 Å². The molecule has 94 valence electrons. The minimum Gasteiger partial charge on any atom is -0.481 e. The predicted octanol–water partition coefficient (Wildman–Crippen LogP) is 3.86. The van der Waals surface area contributed by atoms with Gasteiger partial charge in [0, 0.05) is 0 Å². The lowest BCUT2D eigenvalue weighted by molar-refractivity contribution is -0.146. The standard InChI is InChI=1S/C15H22O2/c1-4-5-11-15(12(2)3,14(16)17)13-9-7-6-8-10-13/h6-10,12H,4-5,11H2,1-3H3,(H,16,17). The number of unbranched alkanes of at least 4 members (excludes halogenated alkanes) is 1. The third kappa shape index (κ3) is 2.68. The third-order valence-electron chi connectivity index (χ3n) is 3.58. The van der Waals surface area contributed by atoms with E-state index >= 15 is 0 Å². The number of carboxylic acids is 1. The highest BCUT2D eigenvalue weighted by molar-refractivity contribution is 5.81. The molecule has 1 unspecified atom stereocenters. The molecule has 0 fully saturated rings. The number of hydrogen-bond acceptors (Lipinski definition) is 1. The minimum absolute atomic E-state index is 0.0916. The molecule has 0 aromatic heterocycles. The summed E-state index contributed by atoms with van der Waals surface area (Å²) in [6.07, 6.45) is 2.68. The van der Waals surface area contributed by atoms with E-state index in [9.17, 15) is 9.90 Å². The smallest absolute Gasteiger partial charge is 0.314 e. The average Bonchev–Trinajstić information content (AvgIpc) is 2.30.